The summed E-state index contributed by atoms with van der Waals surface area (Å²) in [5, 5.41) is 6.26. The number of nitrogens with zero attached hydrogens (tertiary/aromatic N) is 4. The van der Waals surface area contributed by atoms with Crippen LogP contribution in [0.2, 0.25) is 0 Å². The monoisotopic (exact) mass is 851 g/mol. The van der Waals surface area contributed by atoms with Gasteiger partial charge in [-0.1, -0.05) is 113 Å². The second-order valence-electron chi connectivity index (χ2n) is 13.5. The number of aromatic nitrogens is 4. The van der Waals surface area contributed by atoms with Crippen molar-refractivity contribution in [1.29, 1.82) is 0 Å². The number of aryl methyl sites for hydroxylation is 4. The molecule has 10 rings (SSSR count). The summed E-state index contributed by atoms with van der Waals surface area (Å²) in [5.74, 6) is 1.20. The fourth-order valence-corrected chi connectivity index (χ4v) is 8.12. The van der Waals surface area contributed by atoms with Gasteiger partial charge in [-0.15, -0.1) is 12.1 Å². The normalized spacial score (nSPS) is 11.7. The van der Waals surface area contributed by atoms with E-state index in [-0.39, 0.29) is 21.1 Å². The first-order chi connectivity index (χ1) is 24.9. The van der Waals surface area contributed by atoms with Crippen LogP contribution in [0.4, 0.5) is 0 Å². The maximum Gasteiger partial charge on any atom is 2.00 e. The number of imidazole rings is 2. The molecule has 6 aromatic carbocycles. The van der Waals surface area contributed by atoms with Gasteiger partial charge in [0.1, 0.15) is 0 Å². The van der Waals surface area contributed by atoms with Gasteiger partial charge in [0.25, 0.3) is 0 Å². The van der Waals surface area contributed by atoms with Gasteiger partial charge in [0.2, 0.25) is 0 Å². The molecule has 5 nitrogen and oxygen atoms in total. The number of rotatable bonds is 4. The Balaban J connectivity index is 0.00000360. The van der Waals surface area contributed by atoms with Crippen LogP contribution in [0, 0.1) is 39.8 Å². The molecule has 4 heterocycles. The Morgan fingerprint density at radius 2 is 1.19 bits per heavy atom. The molecular weight excluding hydrogens is 820 g/mol. The van der Waals surface area contributed by atoms with Gasteiger partial charge in [-0.05, 0) is 84.0 Å². The molecule has 0 radical (unpaired) electrons. The van der Waals surface area contributed by atoms with Gasteiger partial charge in [-0.3, -0.25) is 9.97 Å². The van der Waals surface area contributed by atoms with E-state index in [2.05, 4.69) is 140 Å². The summed E-state index contributed by atoms with van der Waals surface area (Å²) >= 11 is 0. The van der Waals surface area contributed by atoms with E-state index >= 15 is 0 Å². The Kier molecular flexibility index (Phi) is 7.53. The molecule has 0 saturated heterocycles. The van der Waals surface area contributed by atoms with E-state index in [1.165, 1.54) is 38.9 Å². The number of benzene rings is 6. The minimum absolute atomic E-state index is 0. The average Bonchev–Trinajstić information content (AvgIpc) is 3.81. The molecule has 0 atom stereocenters. The van der Waals surface area contributed by atoms with Crippen LogP contribution < -0.4 is 4.74 Å². The van der Waals surface area contributed by atoms with Crippen LogP contribution in [-0.2, 0) is 21.1 Å². The van der Waals surface area contributed by atoms with Crippen LogP contribution in [0.25, 0.3) is 77.0 Å². The van der Waals surface area contributed by atoms with E-state index < -0.39 is 0 Å². The third kappa shape index (κ3) is 4.80. The van der Waals surface area contributed by atoms with E-state index in [4.69, 9.17) is 14.7 Å². The molecule has 4 aromatic heterocycles. The first kappa shape index (κ1) is 32.2. The predicted octanol–water partition coefficient (Wildman–Crippen LogP) is 11.6. The molecule has 0 amide bonds. The zero-order valence-corrected chi connectivity index (χ0v) is 31.3. The second kappa shape index (κ2) is 12.2. The van der Waals surface area contributed by atoms with E-state index in [0.29, 0.717) is 11.5 Å². The quantitative estimate of drug-likeness (QED) is 0.131. The van der Waals surface area contributed by atoms with Crippen molar-refractivity contribution in [1.82, 2.24) is 18.8 Å². The van der Waals surface area contributed by atoms with Crippen molar-refractivity contribution in [2.24, 2.45) is 0 Å². The van der Waals surface area contributed by atoms with Crippen molar-refractivity contribution >= 4 is 54.6 Å². The molecule has 10 aromatic rings. The van der Waals surface area contributed by atoms with E-state index in [0.717, 1.165) is 60.3 Å². The Labute approximate surface area is 315 Å². The topological polar surface area (TPSA) is 43.8 Å². The standard InChI is InChI=1S/C46H32N4O.Pt/c1-27-9-7-10-28(2)43(27)31-15-20-40-37(23-31)35-19-17-32(24-38(35)45-47-21-22-49(40)45)51-33-16-18-34-36-13-5-6-14-41(36)50-42(26-48-46(50)39(34)25-33)44-29(3)11-8-12-30(44)4;/h5-23,26H,1-4H3;/q-2;+2. The predicted molar refractivity (Wildman–Crippen MR) is 208 cm³/mol. The average molecular weight is 852 g/mol. The molecule has 0 saturated carbocycles. The summed E-state index contributed by atoms with van der Waals surface area (Å²) in [7, 11) is 0. The molecule has 0 fully saturated rings. The second-order valence-corrected chi connectivity index (χ2v) is 13.5. The zero-order chi connectivity index (χ0) is 34.4. The van der Waals surface area contributed by atoms with Gasteiger partial charge in [-0.2, -0.15) is 0 Å². The molecule has 0 spiro atoms. The first-order valence-corrected chi connectivity index (χ1v) is 17.2. The smallest absolute Gasteiger partial charge is 0.497 e. The third-order valence-corrected chi connectivity index (χ3v) is 10.4. The van der Waals surface area contributed by atoms with Gasteiger partial charge in [-0.25, -0.2) is 0 Å². The molecule has 52 heavy (non-hydrogen) atoms. The molecule has 6 heteroatoms. The molecule has 0 aliphatic carbocycles. The fraction of sp³-hybridized carbons (Fsp3) is 0.0870. The van der Waals surface area contributed by atoms with Crippen LogP contribution in [0.15, 0.2) is 122 Å². The summed E-state index contributed by atoms with van der Waals surface area (Å²) in [6.07, 6.45) is 5.85. The number of ether oxygens (including phenoxy) is 1. The maximum atomic E-state index is 6.56. The molecule has 0 aliphatic rings. The van der Waals surface area contributed by atoms with Crippen molar-refractivity contribution in [3.05, 3.63) is 156 Å². The Bertz CT molecular complexity index is 3020. The maximum absolute atomic E-state index is 6.56. The SMILES string of the molecule is Cc1cccc(C)c1-c1ccc2c(c1)c1ccc(Oc3[c-]c4c(cc3)c3ccccc3n3c(-c5c(C)cccc5C)cnc43)[c-]c1c1nccn21.[Pt+2]. The zero-order valence-electron chi connectivity index (χ0n) is 29.1. The van der Waals surface area contributed by atoms with Crippen molar-refractivity contribution in [2.75, 3.05) is 0 Å². The summed E-state index contributed by atoms with van der Waals surface area (Å²) in [5.41, 5.74) is 13.6. The van der Waals surface area contributed by atoms with Gasteiger partial charge in [0.05, 0.1) is 17.0 Å². The van der Waals surface area contributed by atoms with Crippen molar-refractivity contribution in [3.63, 3.8) is 0 Å². The number of hydrogen-bond acceptors (Lipinski definition) is 3. The molecule has 0 bridgehead atoms. The minimum atomic E-state index is 0. The van der Waals surface area contributed by atoms with Crippen LogP contribution in [-0.4, -0.2) is 18.8 Å². The van der Waals surface area contributed by atoms with E-state index in [9.17, 15) is 0 Å². The largest absolute Gasteiger partial charge is 2.00 e. The van der Waals surface area contributed by atoms with Gasteiger partial charge in [0, 0.05) is 46.7 Å². The van der Waals surface area contributed by atoms with Crippen LogP contribution in [0.5, 0.6) is 11.5 Å². The Hall–Kier alpha value is -5.77. The van der Waals surface area contributed by atoms with Gasteiger partial charge < -0.3 is 13.5 Å². The summed E-state index contributed by atoms with van der Waals surface area (Å²) in [6, 6.07) is 43.5. The molecule has 0 aliphatic heterocycles. The van der Waals surface area contributed by atoms with E-state index in [1.807, 2.05) is 30.7 Å². The number of pyridine rings is 2. The summed E-state index contributed by atoms with van der Waals surface area (Å²) in [6.45, 7) is 8.67. The molecule has 0 N–H and O–H groups in total. The van der Waals surface area contributed by atoms with Crippen molar-refractivity contribution in [3.8, 4) is 33.9 Å². The number of hydrogen-bond donors (Lipinski definition) is 0. The van der Waals surface area contributed by atoms with Crippen molar-refractivity contribution in [2.45, 2.75) is 27.7 Å². The Morgan fingerprint density at radius 1 is 0.558 bits per heavy atom. The number of para-hydroxylation sites is 1. The van der Waals surface area contributed by atoms with E-state index in [1.54, 1.807) is 0 Å². The minimum Gasteiger partial charge on any atom is -0.497 e. The molecular formula is C46H32N4OPt. The van der Waals surface area contributed by atoms with Crippen LogP contribution in [0.3, 0.4) is 0 Å². The van der Waals surface area contributed by atoms with Crippen molar-refractivity contribution < 1.29 is 25.8 Å². The van der Waals surface area contributed by atoms with Gasteiger partial charge >= 0.3 is 21.1 Å². The van der Waals surface area contributed by atoms with Gasteiger partial charge in [0.15, 0.2) is 0 Å². The molecule has 252 valence electrons. The Morgan fingerprint density at radius 3 is 1.90 bits per heavy atom. The third-order valence-electron chi connectivity index (χ3n) is 10.4. The van der Waals surface area contributed by atoms with Crippen LogP contribution in [0.1, 0.15) is 22.3 Å². The van der Waals surface area contributed by atoms with Crippen LogP contribution >= 0.6 is 0 Å². The summed E-state index contributed by atoms with van der Waals surface area (Å²) in [4.78, 5) is 9.75. The summed E-state index contributed by atoms with van der Waals surface area (Å²) < 4.78 is 11.0. The number of fused-ring (bicyclic) bond motifs is 12. The fourth-order valence-electron chi connectivity index (χ4n) is 8.12. The molecule has 0 unspecified atom stereocenters. The first-order valence-electron chi connectivity index (χ1n) is 17.2.